The van der Waals surface area contributed by atoms with Crippen molar-refractivity contribution in [2.45, 2.75) is 51.6 Å². The summed E-state index contributed by atoms with van der Waals surface area (Å²) in [5.74, 6) is 1.46. The number of hydrogen-bond donors (Lipinski definition) is 1. The first-order valence-electron chi connectivity index (χ1n) is 11.4. The van der Waals surface area contributed by atoms with Gasteiger partial charge in [0.2, 0.25) is 15.8 Å². The number of hydrogen-bond acceptors (Lipinski definition) is 5. The van der Waals surface area contributed by atoms with Gasteiger partial charge in [-0.15, -0.1) is 0 Å². The Hall–Kier alpha value is -2.36. The molecule has 0 aliphatic carbocycles. The van der Waals surface area contributed by atoms with Gasteiger partial charge in [0.05, 0.1) is 11.9 Å². The molecule has 3 heterocycles. The molecule has 2 aromatic heterocycles. The molecule has 3 aromatic rings. The van der Waals surface area contributed by atoms with E-state index in [9.17, 15) is 13.2 Å². The molecule has 8 nitrogen and oxygen atoms in total. The molecular formula is C23H30ClN5O3S. The minimum Gasteiger partial charge on any atom is -0.358 e. The van der Waals surface area contributed by atoms with Gasteiger partial charge in [0.25, 0.3) is 5.56 Å². The first-order valence-corrected chi connectivity index (χ1v) is 13.6. The SMILES string of the molecule is CCCCCn1c(N2CCC(NS(C)(=O)=O)CC2)cc(=O)n2cc(-c3ccc(Cl)cc3)nc12. The number of nitrogens with one attached hydrogen (secondary N) is 1. The zero-order chi connectivity index (χ0) is 23.6. The van der Waals surface area contributed by atoms with Crippen molar-refractivity contribution >= 4 is 33.2 Å². The van der Waals surface area contributed by atoms with Crippen LogP contribution < -0.4 is 15.2 Å². The summed E-state index contributed by atoms with van der Waals surface area (Å²) in [4.78, 5) is 20.1. The Morgan fingerprint density at radius 3 is 2.48 bits per heavy atom. The van der Waals surface area contributed by atoms with Gasteiger partial charge in [0.15, 0.2) is 0 Å². The van der Waals surface area contributed by atoms with E-state index in [1.165, 1.54) is 6.26 Å². The third-order valence-corrected chi connectivity index (χ3v) is 7.03. The molecule has 1 aromatic carbocycles. The predicted molar refractivity (Wildman–Crippen MR) is 133 cm³/mol. The number of sulfonamides is 1. The van der Waals surface area contributed by atoms with Gasteiger partial charge in [-0.1, -0.05) is 43.5 Å². The molecule has 1 fully saturated rings. The van der Waals surface area contributed by atoms with E-state index in [1.807, 2.05) is 24.3 Å². The molecule has 0 atom stereocenters. The highest BCUT2D eigenvalue weighted by Crippen LogP contribution is 2.25. The van der Waals surface area contributed by atoms with Crippen molar-refractivity contribution in [1.82, 2.24) is 18.7 Å². The molecule has 10 heteroatoms. The molecule has 0 unspecified atom stereocenters. The largest absolute Gasteiger partial charge is 0.358 e. The molecule has 4 rings (SSSR count). The fraction of sp³-hybridized carbons (Fsp3) is 0.478. The lowest BCUT2D eigenvalue weighted by atomic mass is 10.1. The number of benzene rings is 1. The highest BCUT2D eigenvalue weighted by atomic mass is 35.5. The van der Waals surface area contributed by atoms with Crippen molar-refractivity contribution in [2.75, 3.05) is 24.2 Å². The minimum atomic E-state index is -3.24. The van der Waals surface area contributed by atoms with Crippen LogP contribution in [0.4, 0.5) is 5.82 Å². The lowest BCUT2D eigenvalue weighted by Crippen LogP contribution is -2.45. The Balaban J connectivity index is 1.70. The van der Waals surface area contributed by atoms with Crippen molar-refractivity contribution < 1.29 is 8.42 Å². The molecule has 1 aliphatic heterocycles. The van der Waals surface area contributed by atoms with Gasteiger partial charge in [-0.2, -0.15) is 0 Å². The van der Waals surface area contributed by atoms with Gasteiger partial charge in [-0.05, 0) is 31.4 Å². The molecule has 33 heavy (non-hydrogen) atoms. The summed E-state index contributed by atoms with van der Waals surface area (Å²) in [6.07, 6.45) is 7.51. The number of unbranched alkanes of at least 4 members (excludes halogenated alkanes) is 2. The van der Waals surface area contributed by atoms with Crippen LogP contribution in [0, 0.1) is 0 Å². The number of rotatable bonds is 8. The van der Waals surface area contributed by atoms with Crippen molar-refractivity contribution in [3.63, 3.8) is 0 Å². The molecule has 0 spiro atoms. The smallest absolute Gasteiger partial charge is 0.261 e. The van der Waals surface area contributed by atoms with Gasteiger partial charge >= 0.3 is 0 Å². The number of fused-ring (bicyclic) bond motifs is 1. The fourth-order valence-electron chi connectivity index (χ4n) is 4.37. The van der Waals surface area contributed by atoms with E-state index in [0.29, 0.717) is 36.7 Å². The third kappa shape index (κ3) is 5.59. The van der Waals surface area contributed by atoms with E-state index in [4.69, 9.17) is 16.6 Å². The summed E-state index contributed by atoms with van der Waals surface area (Å²) in [7, 11) is -3.24. The van der Waals surface area contributed by atoms with Crippen LogP contribution in [0.1, 0.15) is 39.0 Å². The van der Waals surface area contributed by atoms with Crippen LogP contribution in [0.25, 0.3) is 17.0 Å². The molecule has 178 valence electrons. The van der Waals surface area contributed by atoms with Crippen LogP contribution in [0.3, 0.4) is 0 Å². The molecule has 1 saturated heterocycles. The topological polar surface area (TPSA) is 88.7 Å². The summed E-state index contributed by atoms with van der Waals surface area (Å²) < 4.78 is 29.6. The summed E-state index contributed by atoms with van der Waals surface area (Å²) in [5.41, 5.74) is 1.49. The number of aryl methyl sites for hydroxylation is 1. The second-order valence-corrected chi connectivity index (χ2v) is 10.9. The maximum atomic E-state index is 13.0. The van der Waals surface area contributed by atoms with Crippen molar-refractivity contribution in [3.05, 3.63) is 51.9 Å². The predicted octanol–water partition coefficient (Wildman–Crippen LogP) is 3.52. The van der Waals surface area contributed by atoms with E-state index >= 15 is 0 Å². The number of piperidine rings is 1. The van der Waals surface area contributed by atoms with Crippen LogP contribution in [0.5, 0.6) is 0 Å². The van der Waals surface area contributed by atoms with Gasteiger partial charge in [-0.25, -0.2) is 18.1 Å². The molecule has 0 bridgehead atoms. The maximum absolute atomic E-state index is 13.0. The van der Waals surface area contributed by atoms with Crippen LogP contribution >= 0.6 is 11.6 Å². The Labute approximate surface area is 199 Å². The second kappa shape index (κ2) is 9.87. The lowest BCUT2D eigenvalue weighted by molar-refractivity contribution is 0.454. The Morgan fingerprint density at radius 1 is 1.15 bits per heavy atom. The molecular weight excluding hydrogens is 462 g/mol. The van der Waals surface area contributed by atoms with Gasteiger partial charge in [0, 0.05) is 48.5 Å². The van der Waals surface area contributed by atoms with Crippen LogP contribution in [-0.4, -0.2) is 47.8 Å². The zero-order valence-electron chi connectivity index (χ0n) is 19.0. The Bertz CT molecular complexity index is 1280. The zero-order valence-corrected chi connectivity index (χ0v) is 20.6. The fourth-order valence-corrected chi connectivity index (χ4v) is 5.34. The number of aromatic nitrogens is 3. The first-order chi connectivity index (χ1) is 15.7. The number of nitrogens with zero attached hydrogens (tertiary/aromatic N) is 4. The molecule has 1 aliphatic rings. The standard InChI is InChI=1S/C23H30ClN5O3S/c1-3-4-5-12-28-21(27-13-10-19(11-14-27)26-33(2,31)32)15-22(30)29-16-20(25-23(28)29)17-6-8-18(24)9-7-17/h6-9,15-16,19,26H,3-5,10-14H2,1-2H3. The van der Waals surface area contributed by atoms with Crippen molar-refractivity contribution in [2.24, 2.45) is 0 Å². The summed E-state index contributed by atoms with van der Waals surface area (Å²) in [6, 6.07) is 9.02. The average molecular weight is 492 g/mol. The van der Waals surface area contributed by atoms with Crippen molar-refractivity contribution in [1.29, 1.82) is 0 Å². The van der Waals surface area contributed by atoms with Crippen LogP contribution in [0.15, 0.2) is 41.3 Å². The maximum Gasteiger partial charge on any atom is 0.261 e. The summed E-state index contributed by atoms with van der Waals surface area (Å²) >= 11 is 6.03. The Morgan fingerprint density at radius 2 is 1.85 bits per heavy atom. The monoisotopic (exact) mass is 491 g/mol. The summed E-state index contributed by atoms with van der Waals surface area (Å²) in [5, 5.41) is 0.651. The quantitative estimate of drug-likeness (QED) is 0.487. The van der Waals surface area contributed by atoms with Gasteiger partial charge in [-0.3, -0.25) is 13.8 Å². The highest BCUT2D eigenvalue weighted by Gasteiger charge is 2.25. The first kappa shape index (κ1) is 23.8. The molecule has 1 N–H and O–H groups in total. The van der Waals surface area contributed by atoms with Crippen LogP contribution in [0.2, 0.25) is 5.02 Å². The number of anilines is 1. The van der Waals surface area contributed by atoms with E-state index in [2.05, 4.69) is 21.1 Å². The van der Waals surface area contributed by atoms with E-state index in [0.717, 1.165) is 42.9 Å². The van der Waals surface area contributed by atoms with E-state index in [-0.39, 0.29) is 11.6 Å². The normalized spacial score (nSPS) is 15.4. The average Bonchev–Trinajstić information content (AvgIpc) is 3.21. The number of imidazole rings is 1. The lowest BCUT2D eigenvalue weighted by Gasteiger charge is -2.35. The molecule has 0 radical (unpaired) electrons. The molecule has 0 saturated carbocycles. The van der Waals surface area contributed by atoms with Crippen molar-refractivity contribution in [3.8, 4) is 11.3 Å². The van der Waals surface area contributed by atoms with E-state index < -0.39 is 10.0 Å². The van der Waals surface area contributed by atoms with Gasteiger partial charge in [0.1, 0.15) is 5.82 Å². The Kier molecular flexibility index (Phi) is 7.11. The van der Waals surface area contributed by atoms with Crippen LogP contribution in [-0.2, 0) is 16.6 Å². The highest BCUT2D eigenvalue weighted by molar-refractivity contribution is 7.88. The number of halogens is 1. The third-order valence-electron chi connectivity index (χ3n) is 6.02. The summed E-state index contributed by atoms with van der Waals surface area (Å²) in [6.45, 7) is 4.25. The second-order valence-electron chi connectivity index (χ2n) is 8.65. The molecule has 0 amide bonds. The van der Waals surface area contributed by atoms with Gasteiger partial charge < -0.3 is 4.90 Å². The van der Waals surface area contributed by atoms with E-state index in [1.54, 1.807) is 16.7 Å². The minimum absolute atomic E-state index is 0.0804.